The van der Waals surface area contributed by atoms with Crippen LogP contribution < -0.4 is 0 Å². The van der Waals surface area contributed by atoms with Crippen molar-refractivity contribution in [2.45, 2.75) is 33.4 Å². The molecule has 1 nitrogen and oxygen atoms in total. The van der Waals surface area contributed by atoms with E-state index in [0.29, 0.717) is 0 Å². The summed E-state index contributed by atoms with van der Waals surface area (Å²) in [7, 11) is 0. The zero-order valence-corrected chi connectivity index (χ0v) is 15.4. The molecule has 27 heavy (non-hydrogen) atoms. The van der Waals surface area contributed by atoms with Crippen molar-refractivity contribution in [2.75, 3.05) is 0 Å². The minimum Gasteiger partial charge on any atom is -0.461 e. The average molecular weight is 368 g/mol. The van der Waals surface area contributed by atoms with E-state index in [1.54, 1.807) is 12.1 Å². The molecule has 2 aromatic carbocycles. The molecule has 1 aliphatic carbocycles. The first-order chi connectivity index (χ1) is 12.7. The second-order valence-electron chi connectivity index (χ2n) is 7.10. The van der Waals surface area contributed by atoms with Gasteiger partial charge in [0, 0.05) is 6.42 Å². The van der Waals surface area contributed by atoms with Crippen molar-refractivity contribution < 1.29 is 17.6 Å². The van der Waals surface area contributed by atoms with Crippen LogP contribution >= 0.6 is 0 Å². The lowest BCUT2D eigenvalue weighted by Crippen LogP contribution is -2.04. The van der Waals surface area contributed by atoms with Crippen LogP contribution in [0.3, 0.4) is 0 Å². The third kappa shape index (κ3) is 3.09. The number of fused-ring (bicyclic) bond motifs is 1. The van der Waals surface area contributed by atoms with Gasteiger partial charge in [-0.05, 0) is 84.0 Å². The molecule has 4 heteroatoms. The monoisotopic (exact) mass is 368 g/mol. The number of furan rings is 1. The van der Waals surface area contributed by atoms with Gasteiger partial charge in [0.1, 0.15) is 11.5 Å². The number of allylic oxidation sites excluding steroid dienone is 1. The number of hydrogen-bond donors (Lipinski definition) is 0. The molecule has 0 N–H and O–H groups in total. The third-order valence-corrected chi connectivity index (χ3v) is 5.23. The van der Waals surface area contributed by atoms with Crippen LogP contribution in [0.4, 0.5) is 13.2 Å². The number of rotatable bonds is 2. The van der Waals surface area contributed by atoms with Crippen LogP contribution in [0.15, 0.2) is 46.9 Å². The van der Waals surface area contributed by atoms with Gasteiger partial charge >= 0.3 is 6.18 Å². The summed E-state index contributed by atoms with van der Waals surface area (Å²) in [5, 5.41) is 0. The van der Waals surface area contributed by atoms with Gasteiger partial charge in [-0.1, -0.05) is 24.3 Å². The van der Waals surface area contributed by atoms with E-state index in [1.807, 2.05) is 32.9 Å². The van der Waals surface area contributed by atoms with Crippen LogP contribution in [0, 0.1) is 20.8 Å². The van der Waals surface area contributed by atoms with Gasteiger partial charge in [-0.15, -0.1) is 0 Å². The smallest absolute Gasteiger partial charge is 0.416 e. The zero-order valence-electron chi connectivity index (χ0n) is 15.4. The summed E-state index contributed by atoms with van der Waals surface area (Å²) < 4.78 is 44.5. The fourth-order valence-corrected chi connectivity index (χ4v) is 3.62. The standard InChI is InChI=1S/C23H19F3O/c1-13-4-5-17-11-18(21-10-14(2)15(3)27-21)12-20(17)22(13)16-6-8-19(9-7-16)23(24,25)26/h4-10,12H,11H2,1-3H3. The minimum absolute atomic E-state index is 0.630. The van der Waals surface area contributed by atoms with Crippen molar-refractivity contribution >= 4 is 11.6 Å². The fourth-order valence-electron chi connectivity index (χ4n) is 3.62. The van der Waals surface area contributed by atoms with E-state index >= 15 is 0 Å². The lowest BCUT2D eigenvalue weighted by Gasteiger charge is -2.13. The van der Waals surface area contributed by atoms with Crippen molar-refractivity contribution in [3.63, 3.8) is 0 Å². The molecule has 0 radical (unpaired) electrons. The Morgan fingerprint density at radius 2 is 1.59 bits per heavy atom. The Morgan fingerprint density at radius 3 is 2.19 bits per heavy atom. The van der Waals surface area contributed by atoms with E-state index in [1.165, 1.54) is 0 Å². The second kappa shape index (κ2) is 6.15. The first kappa shape index (κ1) is 17.7. The Labute approximate surface area is 156 Å². The predicted octanol–water partition coefficient (Wildman–Crippen LogP) is 6.99. The van der Waals surface area contributed by atoms with Gasteiger partial charge in [-0.3, -0.25) is 0 Å². The van der Waals surface area contributed by atoms with Gasteiger partial charge in [0.15, 0.2) is 0 Å². The molecular weight excluding hydrogens is 349 g/mol. The molecule has 1 aliphatic rings. The highest BCUT2D eigenvalue weighted by atomic mass is 19.4. The Kier molecular flexibility index (Phi) is 4.02. The summed E-state index contributed by atoms with van der Waals surface area (Å²) >= 11 is 0. The van der Waals surface area contributed by atoms with Crippen LogP contribution in [-0.4, -0.2) is 0 Å². The maximum atomic E-state index is 12.9. The van der Waals surface area contributed by atoms with Crippen LogP contribution in [0.1, 0.15) is 39.3 Å². The summed E-state index contributed by atoms with van der Waals surface area (Å²) in [4.78, 5) is 0. The Hall–Kier alpha value is -2.75. The van der Waals surface area contributed by atoms with Gasteiger partial charge in [-0.2, -0.15) is 13.2 Å². The van der Waals surface area contributed by atoms with Gasteiger partial charge < -0.3 is 4.42 Å². The van der Waals surface area contributed by atoms with E-state index in [0.717, 1.165) is 69.0 Å². The molecule has 0 saturated carbocycles. The molecule has 0 spiro atoms. The molecule has 0 saturated heterocycles. The summed E-state index contributed by atoms with van der Waals surface area (Å²) in [6.45, 7) is 5.95. The van der Waals surface area contributed by atoms with Crippen molar-refractivity contribution in [3.8, 4) is 11.1 Å². The maximum Gasteiger partial charge on any atom is 0.416 e. The molecule has 0 bridgehead atoms. The first-order valence-electron chi connectivity index (χ1n) is 8.82. The topological polar surface area (TPSA) is 13.1 Å². The molecule has 0 amide bonds. The average Bonchev–Trinajstić information content (AvgIpc) is 3.18. The number of alkyl halides is 3. The molecule has 0 unspecified atom stereocenters. The third-order valence-electron chi connectivity index (χ3n) is 5.23. The van der Waals surface area contributed by atoms with Crippen molar-refractivity contribution in [3.05, 3.63) is 81.8 Å². The quantitative estimate of drug-likeness (QED) is 0.475. The molecule has 3 aromatic rings. The summed E-state index contributed by atoms with van der Waals surface area (Å²) in [6.07, 6.45) is -1.46. The largest absolute Gasteiger partial charge is 0.461 e. The summed E-state index contributed by atoms with van der Waals surface area (Å²) in [6, 6.07) is 11.6. The highest BCUT2D eigenvalue weighted by Crippen LogP contribution is 2.40. The predicted molar refractivity (Wildman–Crippen MR) is 101 cm³/mol. The van der Waals surface area contributed by atoms with Gasteiger partial charge in [0.05, 0.1) is 5.56 Å². The summed E-state index contributed by atoms with van der Waals surface area (Å²) in [5.74, 6) is 1.76. The van der Waals surface area contributed by atoms with E-state index in [2.05, 4.69) is 12.1 Å². The number of benzene rings is 2. The van der Waals surface area contributed by atoms with E-state index in [9.17, 15) is 13.2 Å². The van der Waals surface area contributed by atoms with Crippen LogP contribution in [0.2, 0.25) is 0 Å². The van der Waals surface area contributed by atoms with E-state index < -0.39 is 11.7 Å². The fraction of sp³-hybridized carbons (Fsp3) is 0.217. The molecule has 1 aromatic heterocycles. The molecule has 138 valence electrons. The molecule has 1 heterocycles. The SMILES string of the molecule is Cc1cc(C2=Cc3c(ccc(C)c3-c3ccc(C(F)(F)F)cc3)C2)oc1C. The van der Waals surface area contributed by atoms with Crippen LogP contribution in [0.25, 0.3) is 22.8 Å². The Balaban J connectivity index is 1.79. The van der Waals surface area contributed by atoms with Crippen LogP contribution in [-0.2, 0) is 12.6 Å². The van der Waals surface area contributed by atoms with Crippen molar-refractivity contribution in [1.29, 1.82) is 0 Å². The normalized spacial score (nSPS) is 13.6. The molecular formula is C23H19F3O. The van der Waals surface area contributed by atoms with Crippen LogP contribution in [0.5, 0.6) is 0 Å². The Bertz CT molecular complexity index is 1030. The van der Waals surface area contributed by atoms with E-state index in [-0.39, 0.29) is 0 Å². The molecule has 0 fully saturated rings. The highest BCUT2D eigenvalue weighted by molar-refractivity contribution is 5.94. The van der Waals surface area contributed by atoms with Gasteiger partial charge in [0.2, 0.25) is 0 Å². The number of aryl methyl sites for hydroxylation is 3. The first-order valence-corrected chi connectivity index (χ1v) is 8.82. The van der Waals surface area contributed by atoms with Crippen molar-refractivity contribution in [2.24, 2.45) is 0 Å². The number of hydrogen-bond acceptors (Lipinski definition) is 1. The van der Waals surface area contributed by atoms with E-state index in [4.69, 9.17) is 4.42 Å². The zero-order chi connectivity index (χ0) is 19.3. The maximum absolute atomic E-state index is 12.9. The lowest BCUT2D eigenvalue weighted by molar-refractivity contribution is -0.137. The highest BCUT2D eigenvalue weighted by Gasteiger charge is 2.30. The van der Waals surface area contributed by atoms with Crippen molar-refractivity contribution in [1.82, 2.24) is 0 Å². The second-order valence-corrected chi connectivity index (χ2v) is 7.10. The molecule has 4 rings (SSSR count). The molecule has 0 aliphatic heterocycles. The van der Waals surface area contributed by atoms with Gasteiger partial charge in [-0.25, -0.2) is 0 Å². The van der Waals surface area contributed by atoms with Gasteiger partial charge in [0.25, 0.3) is 0 Å². The molecule has 0 atom stereocenters. The Morgan fingerprint density at radius 1 is 0.889 bits per heavy atom. The minimum atomic E-state index is -4.33. The lowest BCUT2D eigenvalue weighted by atomic mass is 9.92. The summed E-state index contributed by atoms with van der Waals surface area (Å²) in [5.41, 5.74) is 6.62. The number of halogens is 3.